The molecule has 0 aliphatic carbocycles. The normalized spacial score (nSPS) is 16.7. The number of thiazole rings is 1. The third kappa shape index (κ3) is 2.78. The van der Waals surface area contributed by atoms with Gasteiger partial charge in [0, 0.05) is 35.1 Å². The van der Waals surface area contributed by atoms with Crippen molar-refractivity contribution in [1.29, 1.82) is 0 Å². The van der Waals surface area contributed by atoms with Gasteiger partial charge in [-0.25, -0.2) is 4.98 Å². The number of para-hydroxylation sites is 1. The van der Waals surface area contributed by atoms with E-state index in [4.69, 9.17) is 4.98 Å². The monoisotopic (exact) mass is 350 g/mol. The van der Waals surface area contributed by atoms with Gasteiger partial charge in [0.25, 0.3) is 5.91 Å². The van der Waals surface area contributed by atoms with E-state index in [-0.39, 0.29) is 12.1 Å². The molecule has 0 radical (unpaired) electrons. The molecule has 1 amide bonds. The van der Waals surface area contributed by atoms with E-state index in [2.05, 4.69) is 24.1 Å². The summed E-state index contributed by atoms with van der Waals surface area (Å²) in [6, 6.07) is 11.3. The number of fused-ring (bicyclic) bond motifs is 1. The van der Waals surface area contributed by atoms with Gasteiger partial charge in [0.1, 0.15) is 0 Å². The average Bonchev–Trinajstić information content (AvgIpc) is 3.13. The summed E-state index contributed by atoms with van der Waals surface area (Å²) in [5, 5.41) is 6.57. The molecular weight excluding hydrogens is 332 g/mol. The quantitative estimate of drug-likeness (QED) is 0.759. The molecule has 1 aromatic carbocycles. The van der Waals surface area contributed by atoms with E-state index >= 15 is 0 Å². The van der Waals surface area contributed by atoms with Crippen LogP contribution in [0.25, 0.3) is 0 Å². The molecule has 0 saturated heterocycles. The standard InChI is InChI=1S/C19H18N4OS/c1-12(2)18-22-16(11-25-18)17-21-15-6-4-3-5-14(15)19(24)23(17)13-7-9-20-10-8-13/h3-12,17,21H,1-2H3/t17-/m1/s1. The molecule has 1 aliphatic heterocycles. The number of nitrogens with zero attached hydrogens (tertiary/aromatic N) is 3. The van der Waals surface area contributed by atoms with Crippen LogP contribution in [-0.4, -0.2) is 15.9 Å². The predicted molar refractivity (Wildman–Crippen MR) is 100 cm³/mol. The summed E-state index contributed by atoms with van der Waals surface area (Å²) >= 11 is 1.63. The Bertz CT molecular complexity index is 907. The second kappa shape index (κ2) is 6.29. The molecule has 1 N–H and O–H groups in total. The topological polar surface area (TPSA) is 58.1 Å². The molecule has 25 heavy (non-hydrogen) atoms. The second-order valence-electron chi connectivity index (χ2n) is 6.24. The van der Waals surface area contributed by atoms with Crippen molar-refractivity contribution in [2.24, 2.45) is 0 Å². The second-order valence-corrected chi connectivity index (χ2v) is 7.13. The fourth-order valence-electron chi connectivity index (χ4n) is 2.92. The highest BCUT2D eigenvalue weighted by Gasteiger charge is 2.35. The van der Waals surface area contributed by atoms with Crippen LogP contribution in [-0.2, 0) is 0 Å². The van der Waals surface area contributed by atoms with Crippen LogP contribution in [0, 0.1) is 0 Å². The number of hydrogen-bond donors (Lipinski definition) is 1. The minimum Gasteiger partial charge on any atom is -0.359 e. The Morgan fingerprint density at radius 1 is 1.16 bits per heavy atom. The number of aromatic nitrogens is 2. The molecular formula is C19H18N4OS. The lowest BCUT2D eigenvalue weighted by Crippen LogP contribution is -2.43. The number of pyridine rings is 1. The summed E-state index contributed by atoms with van der Waals surface area (Å²) in [6.07, 6.45) is 3.05. The average molecular weight is 350 g/mol. The zero-order chi connectivity index (χ0) is 17.4. The summed E-state index contributed by atoms with van der Waals surface area (Å²) in [4.78, 5) is 23.8. The SMILES string of the molecule is CC(C)c1nc([C@@H]2Nc3ccccc3C(=O)N2c2ccncc2)cs1. The highest BCUT2D eigenvalue weighted by Crippen LogP contribution is 2.37. The highest BCUT2D eigenvalue weighted by molar-refractivity contribution is 7.09. The van der Waals surface area contributed by atoms with Gasteiger partial charge in [-0.05, 0) is 24.3 Å². The molecule has 2 aromatic heterocycles. The van der Waals surface area contributed by atoms with Gasteiger partial charge >= 0.3 is 0 Å². The number of benzene rings is 1. The summed E-state index contributed by atoms with van der Waals surface area (Å²) < 4.78 is 0. The van der Waals surface area contributed by atoms with Crippen LogP contribution in [0.2, 0.25) is 0 Å². The largest absolute Gasteiger partial charge is 0.359 e. The van der Waals surface area contributed by atoms with Crippen LogP contribution >= 0.6 is 11.3 Å². The highest BCUT2D eigenvalue weighted by atomic mass is 32.1. The first kappa shape index (κ1) is 15.8. The van der Waals surface area contributed by atoms with Gasteiger partial charge in [0.05, 0.1) is 16.3 Å². The van der Waals surface area contributed by atoms with E-state index in [0.717, 1.165) is 22.1 Å². The lowest BCUT2D eigenvalue weighted by Gasteiger charge is -2.37. The molecule has 1 aliphatic rings. The number of carbonyl (C=O) groups excluding carboxylic acids is 1. The number of nitrogens with one attached hydrogen (secondary N) is 1. The van der Waals surface area contributed by atoms with E-state index in [1.54, 1.807) is 28.6 Å². The Morgan fingerprint density at radius 2 is 1.92 bits per heavy atom. The molecule has 0 fully saturated rings. The summed E-state index contributed by atoms with van der Waals surface area (Å²) in [5.74, 6) is 0.323. The van der Waals surface area contributed by atoms with Crippen molar-refractivity contribution in [3.8, 4) is 0 Å². The maximum atomic E-state index is 13.2. The maximum absolute atomic E-state index is 13.2. The molecule has 0 unspecified atom stereocenters. The fraction of sp³-hybridized carbons (Fsp3) is 0.211. The van der Waals surface area contributed by atoms with E-state index in [9.17, 15) is 4.79 Å². The fourth-order valence-corrected chi connectivity index (χ4v) is 3.78. The number of anilines is 2. The smallest absolute Gasteiger partial charge is 0.262 e. The molecule has 3 heterocycles. The first-order chi connectivity index (χ1) is 12.1. The van der Waals surface area contributed by atoms with Crippen molar-refractivity contribution in [1.82, 2.24) is 9.97 Å². The van der Waals surface area contributed by atoms with Crippen molar-refractivity contribution >= 4 is 28.6 Å². The molecule has 126 valence electrons. The van der Waals surface area contributed by atoms with Crippen LogP contribution in [0.1, 0.15) is 47.0 Å². The minimum atomic E-state index is -0.339. The maximum Gasteiger partial charge on any atom is 0.262 e. The molecule has 0 bridgehead atoms. The summed E-state index contributed by atoms with van der Waals surface area (Å²) in [6.45, 7) is 4.25. The van der Waals surface area contributed by atoms with Crippen molar-refractivity contribution < 1.29 is 4.79 Å². The van der Waals surface area contributed by atoms with Crippen molar-refractivity contribution in [2.75, 3.05) is 10.2 Å². The molecule has 3 aromatic rings. The molecule has 1 atom stereocenters. The summed E-state index contributed by atoms with van der Waals surface area (Å²) in [7, 11) is 0. The Hall–Kier alpha value is -2.73. The number of rotatable bonds is 3. The third-order valence-electron chi connectivity index (χ3n) is 4.18. The zero-order valence-electron chi connectivity index (χ0n) is 14.0. The van der Waals surface area contributed by atoms with Crippen LogP contribution in [0.5, 0.6) is 0 Å². The van der Waals surface area contributed by atoms with Gasteiger partial charge in [-0.2, -0.15) is 0 Å². The van der Waals surface area contributed by atoms with E-state index < -0.39 is 0 Å². The van der Waals surface area contributed by atoms with Crippen LogP contribution < -0.4 is 10.2 Å². The third-order valence-corrected chi connectivity index (χ3v) is 5.34. The number of amides is 1. The van der Waals surface area contributed by atoms with Crippen LogP contribution in [0.15, 0.2) is 54.2 Å². The van der Waals surface area contributed by atoms with E-state index in [1.807, 2.05) is 41.8 Å². The van der Waals surface area contributed by atoms with E-state index in [0.29, 0.717) is 11.5 Å². The number of carbonyl (C=O) groups is 1. The molecule has 4 rings (SSSR count). The number of hydrogen-bond acceptors (Lipinski definition) is 5. The molecule has 0 saturated carbocycles. The molecule has 6 heteroatoms. The Balaban J connectivity index is 1.83. The van der Waals surface area contributed by atoms with Gasteiger partial charge in [0.2, 0.25) is 0 Å². The van der Waals surface area contributed by atoms with Gasteiger partial charge < -0.3 is 5.32 Å². The van der Waals surface area contributed by atoms with Crippen LogP contribution in [0.4, 0.5) is 11.4 Å². The van der Waals surface area contributed by atoms with Gasteiger partial charge in [-0.15, -0.1) is 11.3 Å². The van der Waals surface area contributed by atoms with Crippen molar-refractivity contribution in [3.05, 3.63) is 70.4 Å². The van der Waals surface area contributed by atoms with Gasteiger partial charge in [-0.3, -0.25) is 14.7 Å². The lowest BCUT2D eigenvalue weighted by atomic mass is 10.1. The Labute approximate surface area is 150 Å². The lowest BCUT2D eigenvalue weighted by molar-refractivity contribution is 0.0974. The Morgan fingerprint density at radius 3 is 2.64 bits per heavy atom. The Kier molecular flexibility index (Phi) is 3.97. The molecule has 5 nitrogen and oxygen atoms in total. The first-order valence-corrected chi connectivity index (χ1v) is 9.07. The first-order valence-electron chi connectivity index (χ1n) is 8.19. The van der Waals surface area contributed by atoms with Gasteiger partial charge in [-0.1, -0.05) is 26.0 Å². The molecule has 0 spiro atoms. The zero-order valence-corrected chi connectivity index (χ0v) is 14.8. The summed E-state index contributed by atoms with van der Waals surface area (Å²) in [5.41, 5.74) is 3.15. The van der Waals surface area contributed by atoms with Crippen molar-refractivity contribution in [2.45, 2.75) is 25.9 Å². The van der Waals surface area contributed by atoms with E-state index in [1.165, 1.54) is 0 Å². The van der Waals surface area contributed by atoms with Crippen molar-refractivity contribution in [3.63, 3.8) is 0 Å². The minimum absolute atomic E-state index is 0.0374. The predicted octanol–water partition coefficient (Wildman–Crippen LogP) is 4.43. The van der Waals surface area contributed by atoms with Crippen LogP contribution in [0.3, 0.4) is 0 Å². The van der Waals surface area contributed by atoms with Gasteiger partial charge in [0.15, 0.2) is 6.17 Å².